The molecule has 21 heavy (non-hydrogen) atoms. The van der Waals surface area contributed by atoms with Crippen LogP contribution in [0.4, 0.5) is 5.13 Å². The van der Waals surface area contributed by atoms with Crippen molar-refractivity contribution < 1.29 is 0 Å². The predicted molar refractivity (Wildman–Crippen MR) is 95.4 cm³/mol. The van der Waals surface area contributed by atoms with Crippen LogP contribution in [0.15, 0.2) is 0 Å². The Kier molecular flexibility index (Phi) is 7.67. The van der Waals surface area contributed by atoms with Crippen LogP contribution in [0.1, 0.15) is 65.0 Å². The molecule has 0 atom stereocenters. The van der Waals surface area contributed by atoms with Crippen molar-refractivity contribution in [3.8, 4) is 0 Å². The molecule has 0 saturated carbocycles. The molecule has 122 valence electrons. The third kappa shape index (κ3) is 5.59. The van der Waals surface area contributed by atoms with E-state index in [9.17, 15) is 0 Å². The zero-order valence-electron chi connectivity index (χ0n) is 14.9. The average Bonchev–Trinajstić information content (AvgIpc) is 2.77. The first-order valence-electron chi connectivity index (χ1n) is 8.35. The van der Waals surface area contributed by atoms with Gasteiger partial charge in [0.25, 0.3) is 0 Å². The zero-order chi connectivity index (χ0) is 16.0. The molecule has 1 heterocycles. The lowest BCUT2D eigenvalue weighted by Crippen LogP contribution is -2.37. The molecule has 0 saturated heterocycles. The van der Waals surface area contributed by atoms with Crippen LogP contribution in [0.25, 0.3) is 0 Å². The van der Waals surface area contributed by atoms with E-state index in [2.05, 4.69) is 58.7 Å². The van der Waals surface area contributed by atoms with Crippen molar-refractivity contribution in [1.29, 1.82) is 0 Å². The highest BCUT2D eigenvalue weighted by atomic mass is 32.1. The van der Waals surface area contributed by atoms with Crippen molar-refractivity contribution in [3.63, 3.8) is 0 Å². The Morgan fingerprint density at radius 3 is 2.24 bits per heavy atom. The minimum atomic E-state index is 0.515. The van der Waals surface area contributed by atoms with Crippen LogP contribution >= 0.6 is 11.3 Å². The lowest BCUT2D eigenvalue weighted by Gasteiger charge is -2.31. The van der Waals surface area contributed by atoms with Gasteiger partial charge in [-0.15, -0.1) is 11.3 Å². The highest BCUT2D eigenvalue weighted by Crippen LogP contribution is 2.29. The Morgan fingerprint density at radius 2 is 1.76 bits per heavy atom. The van der Waals surface area contributed by atoms with Gasteiger partial charge in [0, 0.05) is 30.1 Å². The molecular formula is C17H33N3S. The number of nitrogens with one attached hydrogen (secondary N) is 1. The maximum absolute atomic E-state index is 4.86. The summed E-state index contributed by atoms with van der Waals surface area (Å²) in [5, 5.41) is 4.71. The van der Waals surface area contributed by atoms with Gasteiger partial charge in [0.15, 0.2) is 5.13 Å². The summed E-state index contributed by atoms with van der Waals surface area (Å²) in [7, 11) is 0. The average molecular weight is 312 g/mol. The molecule has 4 heteroatoms. The van der Waals surface area contributed by atoms with E-state index >= 15 is 0 Å². The molecule has 0 aliphatic heterocycles. The summed E-state index contributed by atoms with van der Waals surface area (Å²) in [5.41, 5.74) is 1.18. The minimum Gasteiger partial charge on any atom is -0.345 e. The summed E-state index contributed by atoms with van der Waals surface area (Å²) in [6.45, 7) is 17.7. The van der Waals surface area contributed by atoms with Gasteiger partial charge in [-0.05, 0) is 25.7 Å². The molecule has 1 aromatic rings. The molecule has 0 radical (unpaired) electrons. The van der Waals surface area contributed by atoms with Crippen molar-refractivity contribution in [2.75, 3.05) is 11.4 Å². The Balaban J connectivity index is 2.94. The number of nitrogens with zero attached hydrogens (tertiary/aromatic N) is 2. The normalized spacial score (nSPS) is 11.9. The molecule has 0 unspecified atom stereocenters. The third-order valence-electron chi connectivity index (χ3n) is 3.74. The molecule has 0 spiro atoms. The molecule has 1 aromatic heterocycles. The second kappa shape index (κ2) is 8.74. The summed E-state index contributed by atoms with van der Waals surface area (Å²) < 4.78 is 0. The summed E-state index contributed by atoms with van der Waals surface area (Å²) >= 11 is 1.86. The van der Waals surface area contributed by atoms with Crippen LogP contribution in [0.3, 0.4) is 0 Å². The molecule has 0 bridgehead atoms. The minimum absolute atomic E-state index is 0.515. The van der Waals surface area contributed by atoms with Crippen LogP contribution in [0, 0.1) is 12.8 Å². The molecule has 0 aliphatic rings. The molecule has 0 fully saturated rings. The number of hydrogen-bond acceptors (Lipinski definition) is 4. The summed E-state index contributed by atoms with van der Waals surface area (Å²) in [4.78, 5) is 8.77. The van der Waals surface area contributed by atoms with Crippen LogP contribution in [-0.2, 0) is 6.54 Å². The van der Waals surface area contributed by atoms with E-state index in [4.69, 9.17) is 4.98 Å². The van der Waals surface area contributed by atoms with Crippen LogP contribution < -0.4 is 10.2 Å². The molecule has 1 N–H and O–H groups in total. The van der Waals surface area contributed by atoms with Gasteiger partial charge in [-0.25, -0.2) is 4.98 Å². The highest BCUT2D eigenvalue weighted by molar-refractivity contribution is 7.15. The topological polar surface area (TPSA) is 28.2 Å². The van der Waals surface area contributed by atoms with E-state index in [-0.39, 0.29) is 0 Å². The van der Waals surface area contributed by atoms with Crippen molar-refractivity contribution in [2.45, 2.75) is 79.9 Å². The lowest BCUT2D eigenvalue weighted by atomic mass is 10.1. The summed E-state index contributed by atoms with van der Waals surface area (Å²) in [6, 6.07) is 1.12. The van der Waals surface area contributed by atoms with Crippen LogP contribution in [-0.4, -0.2) is 23.6 Å². The summed E-state index contributed by atoms with van der Waals surface area (Å²) in [6.07, 6.45) is 2.36. The number of aromatic nitrogens is 1. The first-order valence-corrected chi connectivity index (χ1v) is 9.16. The largest absolute Gasteiger partial charge is 0.345 e. The Morgan fingerprint density at radius 1 is 1.14 bits per heavy atom. The van der Waals surface area contributed by atoms with E-state index in [1.807, 2.05) is 11.3 Å². The highest BCUT2D eigenvalue weighted by Gasteiger charge is 2.21. The quantitative estimate of drug-likeness (QED) is 0.722. The maximum Gasteiger partial charge on any atom is 0.186 e. The van der Waals surface area contributed by atoms with Gasteiger partial charge in [-0.2, -0.15) is 0 Å². The van der Waals surface area contributed by atoms with E-state index in [0.29, 0.717) is 18.0 Å². The second-order valence-corrected chi connectivity index (χ2v) is 7.62. The van der Waals surface area contributed by atoms with E-state index in [1.54, 1.807) is 0 Å². The van der Waals surface area contributed by atoms with Crippen molar-refractivity contribution in [3.05, 3.63) is 10.6 Å². The number of anilines is 1. The number of aryl methyl sites for hydroxylation is 1. The second-order valence-electron chi connectivity index (χ2n) is 6.56. The van der Waals surface area contributed by atoms with Gasteiger partial charge >= 0.3 is 0 Å². The smallest absolute Gasteiger partial charge is 0.186 e. The molecule has 0 amide bonds. The van der Waals surface area contributed by atoms with Gasteiger partial charge in [-0.3, -0.25) is 0 Å². The molecule has 3 nitrogen and oxygen atoms in total. The fraction of sp³-hybridized carbons (Fsp3) is 0.824. The number of hydrogen-bond donors (Lipinski definition) is 1. The van der Waals surface area contributed by atoms with Crippen LogP contribution in [0.5, 0.6) is 0 Å². The fourth-order valence-electron chi connectivity index (χ4n) is 2.50. The van der Waals surface area contributed by atoms with Gasteiger partial charge < -0.3 is 10.2 Å². The standard InChI is InChI=1S/C17H33N3S/c1-8-15(9-2)20(11-12(3)4)17-19-14(7)16(21-17)10-18-13(5)6/h12-13,15,18H,8-11H2,1-7H3. The Bertz CT molecular complexity index is 408. The predicted octanol–water partition coefficient (Wildman–Crippen LogP) is 4.60. The fourth-order valence-corrected chi connectivity index (χ4v) is 3.60. The van der Waals surface area contributed by atoms with Gasteiger partial charge in [0.1, 0.15) is 0 Å². The molecule has 1 rings (SSSR count). The molecular weight excluding hydrogens is 278 g/mol. The zero-order valence-corrected chi connectivity index (χ0v) is 15.7. The summed E-state index contributed by atoms with van der Waals surface area (Å²) in [5.74, 6) is 0.659. The van der Waals surface area contributed by atoms with E-state index in [0.717, 1.165) is 13.1 Å². The molecule has 0 aromatic carbocycles. The Hall–Kier alpha value is -0.610. The van der Waals surface area contributed by atoms with Gasteiger partial charge in [-0.1, -0.05) is 41.5 Å². The Labute approximate surface area is 135 Å². The first kappa shape index (κ1) is 18.4. The van der Waals surface area contributed by atoms with Crippen molar-refractivity contribution >= 4 is 16.5 Å². The monoisotopic (exact) mass is 311 g/mol. The SMILES string of the molecule is CCC(CC)N(CC(C)C)c1nc(C)c(CNC(C)C)s1. The third-order valence-corrected chi connectivity index (χ3v) is 4.94. The van der Waals surface area contributed by atoms with E-state index in [1.165, 1.54) is 28.5 Å². The van der Waals surface area contributed by atoms with Crippen LogP contribution in [0.2, 0.25) is 0 Å². The number of rotatable bonds is 9. The molecule has 0 aliphatic carbocycles. The first-order chi connectivity index (χ1) is 9.88. The maximum atomic E-state index is 4.86. The van der Waals surface area contributed by atoms with Crippen molar-refractivity contribution in [2.24, 2.45) is 5.92 Å². The van der Waals surface area contributed by atoms with E-state index < -0.39 is 0 Å². The van der Waals surface area contributed by atoms with Crippen molar-refractivity contribution in [1.82, 2.24) is 10.3 Å². The number of thiazole rings is 1. The van der Waals surface area contributed by atoms with Gasteiger partial charge in [0.05, 0.1) is 5.69 Å². The van der Waals surface area contributed by atoms with Gasteiger partial charge in [0.2, 0.25) is 0 Å². The lowest BCUT2D eigenvalue weighted by molar-refractivity contribution is 0.506.